The van der Waals surface area contributed by atoms with Crippen LogP contribution in [0.25, 0.3) is 0 Å². The summed E-state index contributed by atoms with van der Waals surface area (Å²) in [6.07, 6.45) is -4.17. The summed E-state index contributed by atoms with van der Waals surface area (Å²) in [5.41, 5.74) is -0.514. The highest BCUT2D eigenvalue weighted by Gasteiger charge is 2.44. The van der Waals surface area contributed by atoms with Gasteiger partial charge in [0, 0.05) is 17.6 Å². The quantitative estimate of drug-likeness (QED) is 0.886. The molecule has 116 valence electrons. The van der Waals surface area contributed by atoms with E-state index >= 15 is 0 Å². The number of ether oxygens (including phenoxy) is 1. The Morgan fingerprint density at radius 3 is 2.52 bits per heavy atom. The smallest absolute Gasteiger partial charge is 0.360 e. The molecule has 1 aromatic carbocycles. The van der Waals surface area contributed by atoms with Crippen LogP contribution >= 0.6 is 15.9 Å². The topological polar surface area (TPSA) is 38.3 Å². The molecule has 1 unspecified atom stereocenters. The number of hydrogen-bond donors (Lipinski definition) is 1. The van der Waals surface area contributed by atoms with Crippen molar-refractivity contribution in [3.63, 3.8) is 0 Å². The van der Waals surface area contributed by atoms with Crippen LogP contribution in [0.2, 0.25) is 0 Å². The first-order valence-electron chi connectivity index (χ1n) is 6.58. The number of benzene rings is 1. The summed E-state index contributed by atoms with van der Waals surface area (Å²) in [5, 5.41) is 2.34. The monoisotopic (exact) mass is 365 g/mol. The van der Waals surface area contributed by atoms with E-state index < -0.39 is 30.7 Å². The molecule has 0 spiro atoms. The number of rotatable bonds is 4. The Balaban J connectivity index is 2.11. The van der Waals surface area contributed by atoms with Crippen LogP contribution in [-0.2, 0) is 15.1 Å². The van der Waals surface area contributed by atoms with Gasteiger partial charge in [0.2, 0.25) is 0 Å². The Bertz CT molecular complexity index is 496. The van der Waals surface area contributed by atoms with E-state index in [1.165, 1.54) is 0 Å². The Hall–Kier alpha value is -1.08. The van der Waals surface area contributed by atoms with E-state index in [2.05, 4.69) is 21.2 Å². The van der Waals surface area contributed by atoms with Crippen LogP contribution in [0.15, 0.2) is 28.7 Å². The number of halogens is 4. The lowest BCUT2D eigenvalue weighted by Crippen LogP contribution is -2.45. The molecule has 0 bridgehead atoms. The van der Waals surface area contributed by atoms with Crippen molar-refractivity contribution in [2.24, 2.45) is 0 Å². The minimum atomic E-state index is -4.28. The van der Waals surface area contributed by atoms with Gasteiger partial charge in [0.15, 0.2) is 5.60 Å². The lowest BCUT2D eigenvalue weighted by Gasteiger charge is -2.27. The van der Waals surface area contributed by atoms with Gasteiger partial charge in [-0.2, -0.15) is 13.2 Å². The maximum Gasteiger partial charge on any atom is 0.390 e. The maximum atomic E-state index is 12.3. The minimum absolute atomic E-state index is 0.419. The van der Waals surface area contributed by atoms with Crippen molar-refractivity contribution >= 4 is 21.8 Å². The zero-order valence-electron chi connectivity index (χ0n) is 11.2. The van der Waals surface area contributed by atoms with Gasteiger partial charge in [-0.25, -0.2) is 0 Å². The summed E-state index contributed by atoms with van der Waals surface area (Å²) in [7, 11) is 0. The molecule has 1 aliphatic rings. The van der Waals surface area contributed by atoms with E-state index in [0.717, 1.165) is 4.47 Å². The van der Waals surface area contributed by atoms with Gasteiger partial charge in [0.05, 0.1) is 6.42 Å². The highest BCUT2D eigenvalue weighted by molar-refractivity contribution is 9.10. The molecule has 21 heavy (non-hydrogen) atoms. The standard InChI is InChI=1S/C14H15BrF3NO2/c15-11-4-2-10(3-5-11)13(6-1-9-21-13)12(20)19-8-7-14(16,17)18/h2-5H,1,6-9H2,(H,19,20). The Labute approximate surface area is 129 Å². The van der Waals surface area contributed by atoms with Gasteiger partial charge >= 0.3 is 6.18 Å². The molecule has 0 aliphatic carbocycles. The van der Waals surface area contributed by atoms with Crippen molar-refractivity contribution in [3.8, 4) is 0 Å². The molecule has 0 aromatic heterocycles. The number of alkyl halides is 3. The van der Waals surface area contributed by atoms with E-state index in [1.54, 1.807) is 24.3 Å². The number of carbonyl (C=O) groups excluding carboxylic acids is 1. The summed E-state index contributed by atoms with van der Waals surface area (Å²) in [6.45, 7) is -0.0211. The van der Waals surface area contributed by atoms with Gasteiger partial charge in [0.1, 0.15) is 0 Å². The third kappa shape index (κ3) is 3.97. The third-order valence-corrected chi connectivity index (χ3v) is 3.92. The van der Waals surface area contributed by atoms with Gasteiger partial charge in [-0.1, -0.05) is 28.1 Å². The van der Waals surface area contributed by atoms with Crippen molar-refractivity contribution in [1.82, 2.24) is 5.32 Å². The molecule has 1 fully saturated rings. The molecule has 1 heterocycles. The zero-order valence-corrected chi connectivity index (χ0v) is 12.8. The fraction of sp³-hybridized carbons (Fsp3) is 0.500. The van der Waals surface area contributed by atoms with Crippen molar-refractivity contribution in [2.75, 3.05) is 13.2 Å². The van der Waals surface area contributed by atoms with Crippen molar-refractivity contribution in [2.45, 2.75) is 31.0 Å². The number of nitrogens with one attached hydrogen (secondary N) is 1. The molecule has 0 radical (unpaired) electrons. The van der Waals surface area contributed by atoms with Crippen LogP contribution in [0.4, 0.5) is 13.2 Å². The predicted octanol–water partition coefficient (Wildman–Crippen LogP) is 3.52. The first kappa shape index (κ1) is 16.3. The van der Waals surface area contributed by atoms with E-state index in [4.69, 9.17) is 4.74 Å². The van der Waals surface area contributed by atoms with Crippen molar-refractivity contribution in [3.05, 3.63) is 34.3 Å². The highest BCUT2D eigenvalue weighted by atomic mass is 79.9. The van der Waals surface area contributed by atoms with Crippen LogP contribution < -0.4 is 5.32 Å². The molecule has 1 amide bonds. The third-order valence-electron chi connectivity index (χ3n) is 3.39. The maximum absolute atomic E-state index is 12.3. The van der Waals surface area contributed by atoms with Crippen LogP contribution in [0, 0.1) is 0 Å². The Morgan fingerprint density at radius 2 is 2.00 bits per heavy atom. The molecule has 1 aliphatic heterocycles. The minimum Gasteiger partial charge on any atom is -0.360 e. The van der Waals surface area contributed by atoms with Gasteiger partial charge < -0.3 is 10.1 Å². The summed E-state index contributed by atoms with van der Waals surface area (Å²) in [5.74, 6) is -0.508. The first-order chi connectivity index (χ1) is 9.83. The average molecular weight is 366 g/mol. The second-order valence-electron chi connectivity index (χ2n) is 4.91. The first-order valence-corrected chi connectivity index (χ1v) is 7.38. The van der Waals surface area contributed by atoms with E-state index in [0.29, 0.717) is 25.0 Å². The highest BCUT2D eigenvalue weighted by Crippen LogP contribution is 2.37. The fourth-order valence-corrected chi connectivity index (χ4v) is 2.62. The van der Waals surface area contributed by atoms with E-state index in [-0.39, 0.29) is 0 Å². The summed E-state index contributed by atoms with van der Waals surface area (Å²) < 4.78 is 42.9. The van der Waals surface area contributed by atoms with E-state index in [1.807, 2.05) is 0 Å². The van der Waals surface area contributed by atoms with Gasteiger partial charge in [0.25, 0.3) is 5.91 Å². The Kier molecular flexibility index (Phi) is 4.93. The lowest BCUT2D eigenvalue weighted by atomic mass is 9.90. The fourth-order valence-electron chi connectivity index (χ4n) is 2.36. The molecule has 1 saturated heterocycles. The van der Waals surface area contributed by atoms with Crippen molar-refractivity contribution < 1.29 is 22.7 Å². The van der Waals surface area contributed by atoms with Crippen molar-refractivity contribution in [1.29, 1.82) is 0 Å². The molecule has 3 nitrogen and oxygen atoms in total. The normalized spacial score (nSPS) is 22.3. The van der Waals surface area contributed by atoms with Crippen LogP contribution in [-0.4, -0.2) is 25.2 Å². The molecule has 0 saturated carbocycles. The van der Waals surface area contributed by atoms with Crippen LogP contribution in [0.5, 0.6) is 0 Å². The zero-order chi connectivity index (χ0) is 15.5. The van der Waals surface area contributed by atoms with E-state index in [9.17, 15) is 18.0 Å². The molecule has 1 N–H and O–H groups in total. The molecule has 7 heteroatoms. The van der Waals surface area contributed by atoms with Gasteiger partial charge in [-0.15, -0.1) is 0 Å². The predicted molar refractivity (Wildman–Crippen MR) is 74.7 cm³/mol. The SMILES string of the molecule is O=C(NCCC(F)(F)F)C1(c2ccc(Br)cc2)CCCO1. The van der Waals surface area contributed by atoms with Gasteiger partial charge in [-0.05, 0) is 30.5 Å². The average Bonchev–Trinajstić information content (AvgIpc) is 2.88. The molecular weight excluding hydrogens is 351 g/mol. The van der Waals surface area contributed by atoms with Crippen LogP contribution in [0.3, 0.4) is 0 Å². The summed E-state index contributed by atoms with van der Waals surface area (Å²) >= 11 is 3.31. The second-order valence-corrected chi connectivity index (χ2v) is 5.82. The summed E-state index contributed by atoms with van der Waals surface area (Å²) in [4.78, 5) is 12.3. The summed E-state index contributed by atoms with van der Waals surface area (Å²) in [6, 6.07) is 7.06. The van der Waals surface area contributed by atoms with Crippen LogP contribution in [0.1, 0.15) is 24.8 Å². The Morgan fingerprint density at radius 1 is 1.33 bits per heavy atom. The number of carbonyl (C=O) groups is 1. The largest absolute Gasteiger partial charge is 0.390 e. The molecule has 1 atom stereocenters. The molecule has 1 aromatic rings. The molecule has 2 rings (SSSR count). The number of hydrogen-bond acceptors (Lipinski definition) is 2. The molecular formula is C14H15BrF3NO2. The second kappa shape index (κ2) is 6.36. The number of amides is 1. The lowest BCUT2D eigenvalue weighted by molar-refractivity contribution is -0.146. The van der Waals surface area contributed by atoms with Gasteiger partial charge in [-0.3, -0.25) is 4.79 Å².